The number of carbonyl (C=O) groups is 1. The molecule has 0 saturated carbocycles. The minimum atomic E-state index is -0.0169. The van der Waals surface area contributed by atoms with Crippen molar-refractivity contribution in [3.05, 3.63) is 81.8 Å². The Morgan fingerprint density at radius 1 is 1.17 bits per heavy atom. The molecule has 150 valence electrons. The van der Waals surface area contributed by atoms with E-state index in [1.807, 2.05) is 43.0 Å². The molecule has 1 unspecified atom stereocenters. The Morgan fingerprint density at radius 3 is 2.79 bits per heavy atom. The first-order chi connectivity index (χ1) is 14.2. The highest BCUT2D eigenvalue weighted by molar-refractivity contribution is 7.99. The van der Waals surface area contributed by atoms with E-state index >= 15 is 0 Å². The highest BCUT2D eigenvalue weighted by atomic mass is 32.2. The van der Waals surface area contributed by atoms with Crippen LogP contribution in [0.5, 0.6) is 0 Å². The lowest BCUT2D eigenvalue weighted by molar-refractivity contribution is -0.115. The number of amides is 1. The highest BCUT2D eigenvalue weighted by Crippen LogP contribution is 2.31. The predicted octanol–water partition coefficient (Wildman–Crippen LogP) is 4.92. The Balaban J connectivity index is 1.38. The number of aromatic nitrogens is 1. The average Bonchev–Trinajstić information content (AvgIpc) is 3.17. The first-order valence-electron chi connectivity index (χ1n) is 9.84. The number of hydrogen-bond donors (Lipinski definition) is 1. The first-order valence-corrected chi connectivity index (χ1v) is 11.9. The van der Waals surface area contributed by atoms with Crippen molar-refractivity contribution in [2.75, 3.05) is 23.4 Å². The Labute approximate surface area is 180 Å². The predicted molar refractivity (Wildman–Crippen MR) is 123 cm³/mol. The molecule has 1 fully saturated rings. The molecule has 1 N–H and O–H groups in total. The minimum Gasteiger partial charge on any atom is -0.325 e. The van der Waals surface area contributed by atoms with Crippen LogP contribution in [0, 0.1) is 6.92 Å². The van der Waals surface area contributed by atoms with Gasteiger partial charge in [-0.3, -0.25) is 9.69 Å². The van der Waals surface area contributed by atoms with E-state index in [-0.39, 0.29) is 5.91 Å². The first kappa shape index (κ1) is 20.1. The molecule has 0 radical (unpaired) electrons. The Kier molecular flexibility index (Phi) is 6.64. The van der Waals surface area contributed by atoms with E-state index in [9.17, 15) is 4.79 Å². The molecule has 4 rings (SSSR count). The molecular weight excluding hydrogens is 398 g/mol. The number of thiazole rings is 1. The average molecular weight is 424 g/mol. The van der Waals surface area contributed by atoms with Gasteiger partial charge in [-0.2, -0.15) is 11.8 Å². The van der Waals surface area contributed by atoms with Gasteiger partial charge in [0.25, 0.3) is 0 Å². The van der Waals surface area contributed by atoms with Crippen molar-refractivity contribution < 1.29 is 4.79 Å². The number of carbonyl (C=O) groups excluding carboxylic acids is 1. The molecule has 1 amide bonds. The Hall–Kier alpha value is -2.15. The van der Waals surface area contributed by atoms with Crippen LogP contribution in [0.25, 0.3) is 0 Å². The number of thioether (sulfide) groups is 1. The summed E-state index contributed by atoms with van der Waals surface area (Å²) in [5.41, 5.74) is 4.36. The van der Waals surface area contributed by atoms with Crippen LogP contribution in [0.15, 0.2) is 60.0 Å². The quantitative estimate of drug-likeness (QED) is 0.611. The van der Waals surface area contributed by atoms with Gasteiger partial charge in [-0.05, 0) is 24.1 Å². The summed E-state index contributed by atoms with van der Waals surface area (Å²) in [5.74, 6) is 2.25. The van der Waals surface area contributed by atoms with E-state index in [1.54, 1.807) is 11.3 Å². The highest BCUT2D eigenvalue weighted by Gasteiger charge is 2.25. The second kappa shape index (κ2) is 9.57. The molecule has 1 aliphatic heterocycles. The van der Waals surface area contributed by atoms with Crippen molar-refractivity contribution in [2.24, 2.45) is 0 Å². The smallest absolute Gasteiger partial charge is 0.231 e. The summed E-state index contributed by atoms with van der Waals surface area (Å²) in [5, 5.41) is 5.96. The molecule has 1 aromatic heterocycles. The maximum atomic E-state index is 12.4. The summed E-state index contributed by atoms with van der Waals surface area (Å²) < 4.78 is 0. The van der Waals surface area contributed by atoms with Crippen LogP contribution in [0.3, 0.4) is 0 Å². The fourth-order valence-electron chi connectivity index (χ4n) is 3.57. The van der Waals surface area contributed by atoms with Crippen molar-refractivity contribution >= 4 is 34.7 Å². The SMILES string of the molecule is Cc1ccccc1NC(=O)Cc1nc(CN2CCSCC2c2ccccc2)cs1. The standard InChI is InChI=1S/C23H25N3OS2/c1-17-7-5-6-10-20(17)25-22(27)13-23-24-19(15-29-23)14-26-11-12-28-16-21(26)18-8-3-2-4-9-18/h2-10,15,21H,11-14,16H2,1H3,(H,25,27). The second-order valence-electron chi connectivity index (χ2n) is 7.24. The maximum Gasteiger partial charge on any atom is 0.231 e. The summed E-state index contributed by atoms with van der Waals surface area (Å²) in [6, 6.07) is 19.0. The van der Waals surface area contributed by atoms with Gasteiger partial charge in [0.15, 0.2) is 0 Å². The number of rotatable bonds is 6. The van der Waals surface area contributed by atoms with Crippen molar-refractivity contribution in [2.45, 2.75) is 25.9 Å². The summed E-state index contributed by atoms with van der Waals surface area (Å²) in [4.78, 5) is 19.7. The van der Waals surface area contributed by atoms with Gasteiger partial charge in [0.05, 0.1) is 12.1 Å². The maximum absolute atomic E-state index is 12.4. The van der Waals surface area contributed by atoms with Crippen molar-refractivity contribution in [1.82, 2.24) is 9.88 Å². The molecule has 2 heterocycles. The number of nitrogens with one attached hydrogen (secondary N) is 1. The summed E-state index contributed by atoms with van der Waals surface area (Å²) in [6.45, 7) is 3.89. The van der Waals surface area contributed by atoms with E-state index in [4.69, 9.17) is 4.98 Å². The fourth-order valence-corrected chi connectivity index (χ4v) is 5.51. The minimum absolute atomic E-state index is 0.0169. The van der Waals surface area contributed by atoms with Crippen LogP contribution in [0.2, 0.25) is 0 Å². The van der Waals surface area contributed by atoms with Crippen LogP contribution in [-0.2, 0) is 17.8 Å². The van der Waals surface area contributed by atoms with Crippen LogP contribution >= 0.6 is 23.1 Å². The number of hydrogen-bond acceptors (Lipinski definition) is 5. The molecule has 1 atom stereocenters. The zero-order valence-corrected chi connectivity index (χ0v) is 18.1. The van der Waals surface area contributed by atoms with Gasteiger partial charge in [-0.1, -0.05) is 48.5 Å². The third kappa shape index (κ3) is 5.26. The zero-order chi connectivity index (χ0) is 20.1. The summed E-state index contributed by atoms with van der Waals surface area (Å²) >= 11 is 3.59. The van der Waals surface area contributed by atoms with Crippen LogP contribution in [0.4, 0.5) is 5.69 Å². The van der Waals surface area contributed by atoms with Gasteiger partial charge in [-0.15, -0.1) is 11.3 Å². The van der Waals surface area contributed by atoms with Crippen molar-refractivity contribution in [1.29, 1.82) is 0 Å². The number of anilines is 1. The molecule has 0 spiro atoms. The number of nitrogens with zero attached hydrogens (tertiary/aromatic N) is 2. The third-order valence-electron chi connectivity index (χ3n) is 5.12. The molecule has 0 bridgehead atoms. The fraction of sp³-hybridized carbons (Fsp3) is 0.304. The van der Waals surface area contributed by atoms with E-state index in [2.05, 4.69) is 45.9 Å². The largest absolute Gasteiger partial charge is 0.325 e. The van der Waals surface area contributed by atoms with Crippen LogP contribution in [-0.4, -0.2) is 33.8 Å². The van der Waals surface area contributed by atoms with E-state index in [1.165, 1.54) is 5.56 Å². The molecule has 6 heteroatoms. The summed E-state index contributed by atoms with van der Waals surface area (Å²) in [6.07, 6.45) is 0.316. The molecule has 0 aliphatic carbocycles. The van der Waals surface area contributed by atoms with E-state index < -0.39 is 0 Å². The molecule has 4 nitrogen and oxygen atoms in total. The van der Waals surface area contributed by atoms with Gasteiger partial charge in [0.1, 0.15) is 5.01 Å². The Bertz CT molecular complexity index is 958. The topological polar surface area (TPSA) is 45.2 Å². The zero-order valence-electron chi connectivity index (χ0n) is 16.5. The van der Waals surface area contributed by atoms with E-state index in [0.29, 0.717) is 12.5 Å². The monoisotopic (exact) mass is 423 g/mol. The van der Waals surface area contributed by atoms with Gasteiger partial charge < -0.3 is 5.32 Å². The number of aryl methyl sites for hydroxylation is 1. The lowest BCUT2D eigenvalue weighted by Crippen LogP contribution is -2.35. The van der Waals surface area contributed by atoms with Crippen molar-refractivity contribution in [3.8, 4) is 0 Å². The van der Waals surface area contributed by atoms with Crippen molar-refractivity contribution in [3.63, 3.8) is 0 Å². The van der Waals surface area contributed by atoms with Gasteiger partial charge >= 0.3 is 0 Å². The third-order valence-corrected chi connectivity index (χ3v) is 7.04. The molecule has 1 aliphatic rings. The Morgan fingerprint density at radius 2 is 1.97 bits per heavy atom. The number of benzene rings is 2. The van der Waals surface area contributed by atoms with Crippen LogP contribution in [0.1, 0.15) is 27.9 Å². The molecule has 3 aromatic rings. The molecule has 2 aromatic carbocycles. The lowest BCUT2D eigenvalue weighted by atomic mass is 10.1. The molecular formula is C23H25N3OS2. The normalized spacial score (nSPS) is 17.2. The van der Waals surface area contributed by atoms with Gasteiger partial charge in [-0.25, -0.2) is 4.98 Å². The summed E-state index contributed by atoms with van der Waals surface area (Å²) in [7, 11) is 0. The lowest BCUT2D eigenvalue weighted by Gasteiger charge is -2.35. The van der Waals surface area contributed by atoms with Gasteiger partial charge in [0, 0.05) is 41.7 Å². The van der Waals surface area contributed by atoms with Gasteiger partial charge in [0.2, 0.25) is 5.91 Å². The molecule has 1 saturated heterocycles. The molecule has 29 heavy (non-hydrogen) atoms. The number of para-hydroxylation sites is 1. The van der Waals surface area contributed by atoms with Crippen LogP contribution < -0.4 is 5.32 Å². The van der Waals surface area contributed by atoms with E-state index in [0.717, 1.165) is 46.5 Å². The second-order valence-corrected chi connectivity index (χ2v) is 9.34.